The van der Waals surface area contributed by atoms with E-state index in [1.54, 1.807) is 0 Å². The van der Waals surface area contributed by atoms with Gasteiger partial charge in [0.05, 0.1) is 0 Å². The smallest absolute Gasteiger partial charge is 0.0185 e. The van der Waals surface area contributed by atoms with Crippen molar-refractivity contribution in [2.75, 3.05) is 26.2 Å². The zero-order valence-electron chi connectivity index (χ0n) is 10.1. The summed E-state index contributed by atoms with van der Waals surface area (Å²) in [6.07, 6.45) is 1.35. The van der Waals surface area contributed by atoms with E-state index in [4.69, 9.17) is 0 Å². The van der Waals surface area contributed by atoms with Gasteiger partial charge < -0.3 is 0 Å². The molecule has 0 aromatic carbocycles. The summed E-state index contributed by atoms with van der Waals surface area (Å²) < 4.78 is 0. The fourth-order valence-electron chi connectivity index (χ4n) is 2.66. The molecule has 0 amide bonds. The molecule has 0 spiro atoms. The van der Waals surface area contributed by atoms with Crippen molar-refractivity contribution in [2.45, 2.75) is 34.1 Å². The summed E-state index contributed by atoms with van der Waals surface area (Å²) in [5.41, 5.74) is 0.537. The first-order chi connectivity index (χ1) is 6.48. The van der Waals surface area contributed by atoms with Crippen LogP contribution in [0, 0.1) is 17.3 Å². The van der Waals surface area contributed by atoms with Gasteiger partial charge in [-0.05, 0) is 23.7 Å². The van der Waals surface area contributed by atoms with E-state index < -0.39 is 0 Å². The molecule has 0 aromatic heterocycles. The molecule has 0 radical (unpaired) electrons. The molecule has 2 nitrogen and oxygen atoms in total. The lowest BCUT2D eigenvalue weighted by molar-refractivity contribution is 0.00745. The largest absolute Gasteiger partial charge is 0.241 e. The third-order valence-corrected chi connectivity index (χ3v) is 4.03. The Morgan fingerprint density at radius 3 is 2.00 bits per heavy atom. The second kappa shape index (κ2) is 3.49. The van der Waals surface area contributed by atoms with E-state index in [1.165, 1.54) is 32.6 Å². The third-order valence-electron chi connectivity index (χ3n) is 4.03. The first kappa shape index (κ1) is 10.4. The minimum Gasteiger partial charge on any atom is -0.241 e. The van der Waals surface area contributed by atoms with Gasteiger partial charge in [0.25, 0.3) is 0 Å². The molecule has 2 rings (SSSR count). The first-order valence-electron chi connectivity index (χ1n) is 5.98. The Labute approximate surface area is 88.2 Å². The number of hydrogen-bond acceptors (Lipinski definition) is 2. The molecule has 2 aliphatic heterocycles. The number of hydrogen-bond donors (Lipinski definition) is 0. The molecular formula is C12H24N2. The molecule has 2 heterocycles. The summed E-state index contributed by atoms with van der Waals surface area (Å²) >= 11 is 0. The zero-order valence-corrected chi connectivity index (χ0v) is 10.1. The van der Waals surface area contributed by atoms with Gasteiger partial charge in [-0.1, -0.05) is 27.7 Å². The lowest BCUT2D eigenvalue weighted by Gasteiger charge is -2.29. The Hall–Kier alpha value is -0.0800. The van der Waals surface area contributed by atoms with Crippen LogP contribution in [-0.2, 0) is 0 Å². The summed E-state index contributed by atoms with van der Waals surface area (Å²) in [7, 11) is 0. The van der Waals surface area contributed by atoms with Crippen molar-refractivity contribution in [3.8, 4) is 0 Å². The van der Waals surface area contributed by atoms with Gasteiger partial charge in [-0.3, -0.25) is 0 Å². The van der Waals surface area contributed by atoms with Crippen molar-refractivity contribution >= 4 is 0 Å². The maximum Gasteiger partial charge on any atom is 0.0185 e. The van der Waals surface area contributed by atoms with E-state index in [-0.39, 0.29) is 0 Å². The van der Waals surface area contributed by atoms with Gasteiger partial charge in [-0.15, -0.1) is 0 Å². The number of nitrogens with zero attached hydrogens (tertiary/aromatic N) is 2. The van der Waals surface area contributed by atoms with Gasteiger partial charge in [0.1, 0.15) is 0 Å². The van der Waals surface area contributed by atoms with Gasteiger partial charge in [0.2, 0.25) is 0 Å². The average Bonchev–Trinajstić information content (AvgIpc) is 2.57. The average molecular weight is 196 g/mol. The Kier molecular flexibility index (Phi) is 2.61. The minimum absolute atomic E-state index is 0.537. The van der Waals surface area contributed by atoms with Gasteiger partial charge in [-0.25, -0.2) is 10.0 Å². The van der Waals surface area contributed by atoms with Crippen molar-refractivity contribution in [1.29, 1.82) is 0 Å². The highest BCUT2D eigenvalue weighted by Gasteiger charge is 2.36. The van der Waals surface area contributed by atoms with Crippen molar-refractivity contribution < 1.29 is 0 Å². The molecule has 0 N–H and O–H groups in total. The van der Waals surface area contributed by atoms with E-state index in [0.717, 1.165) is 11.8 Å². The van der Waals surface area contributed by atoms with Gasteiger partial charge in [0, 0.05) is 26.2 Å². The molecule has 0 aliphatic carbocycles. The van der Waals surface area contributed by atoms with Crippen molar-refractivity contribution in [2.24, 2.45) is 17.3 Å². The van der Waals surface area contributed by atoms with Crippen LogP contribution in [0.2, 0.25) is 0 Å². The lowest BCUT2D eigenvalue weighted by atomic mass is 9.93. The molecule has 2 saturated heterocycles. The molecule has 2 heteroatoms. The van der Waals surface area contributed by atoms with E-state index in [2.05, 4.69) is 37.7 Å². The van der Waals surface area contributed by atoms with Crippen LogP contribution in [0.3, 0.4) is 0 Å². The van der Waals surface area contributed by atoms with Gasteiger partial charge in [0.15, 0.2) is 0 Å². The van der Waals surface area contributed by atoms with Gasteiger partial charge >= 0.3 is 0 Å². The van der Waals surface area contributed by atoms with Gasteiger partial charge in [-0.2, -0.15) is 0 Å². The highest BCUT2D eigenvalue weighted by atomic mass is 15.6. The van der Waals surface area contributed by atoms with Crippen molar-refractivity contribution in [1.82, 2.24) is 10.0 Å². The third kappa shape index (κ3) is 1.96. The molecule has 82 valence electrons. The maximum absolute atomic E-state index is 2.59. The van der Waals surface area contributed by atoms with E-state index in [9.17, 15) is 0 Å². The Morgan fingerprint density at radius 2 is 1.57 bits per heavy atom. The van der Waals surface area contributed by atoms with Crippen LogP contribution in [0.5, 0.6) is 0 Å². The molecule has 0 bridgehead atoms. The normalized spacial score (nSPS) is 39.4. The second-order valence-corrected chi connectivity index (χ2v) is 6.13. The molecule has 14 heavy (non-hydrogen) atoms. The van der Waals surface area contributed by atoms with Crippen LogP contribution in [0.15, 0.2) is 0 Å². The van der Waals surface area contributed by atoms with Crippen molar-refractivity contribution in [3.63, 3.8) is 0 Å². The minimum atomic E-state index is 0.537. The Bertz CT molecular complexity index is 202. The lowest BCUT2D eigenvalue weighted by Crippen LogP contribution is -2.40. The summed E-state index contributed by atoms with van der Waals surface area (Å²) in [4.78, 5) is 0. The standard InChI is InChI=1S/C12H24N2/c1-10-7-14(8-11(10)2)13-6-5-12(3,4)9-13/h10-11H,5-9H2,1-4H3. The van der Waals surface area contributed by atoms with E-state index in [0.29, 0.717) is 5.41 Å². The molecule has 0 aromatic rings. The quantitative estimate of drug-likeness (QED) is 0.634. The monoisotopic (exact) mass is 196 g/mol. The maximum atomic E-state index is 2.59. The Balaban J connectivity index is 1.92. The summed E-state index contributed by atoms with van der Waals surface area (Å²) in [6, 6.07) is 0. The molecule has 2 fully saturated rings. The van der Waals surface area contributed by atoms with E-state index in [1.807, 2.05) is 0 Å². The fraction of sp³-hybridized carbons (Fsp3) is 1.00. The second-order valence-electron chi connectivity index (χ2n) is 6.13. The summed E-state index contributed by atoms with van der Waals surface area (Å²) in [5.74, 6) is 1.75. The highest BCUT2D eigenvalue weighted by Crippen LogP contribution is 2.33. The SMILES string of the molecule is CC1CN(N2CCC(C)(C)C2)CC1C. The van der Waals surface area contributed by atoms with Crippen LogP contribution < -0.4 is 0 Å². The first-order valence-corrected chi connectivity index (χ1v) is 5.98. The van der Waals surface area contributed by atoms with Crippen LogP contribution in [0.4, 0.5) is 0 Å². The highest BCUT2D eigenvalue weighted by molar-refractivity contribution is 4.85. The van der Waals surface area contributed by atoms with Crippen LogP contribution >= 0.6 is 0 Å². The molecular weight excluding hydrogens is 172 g/mol. The number of rotatable bonds is 1. The van der Waals surface area contributed by atoms with Crippen molar-refractivity contribution in [3.05, 3.63) is 0 Å². The molecule has 2 aliphatic rings. The van der Waals surface area contributed by atoms with Crippen LogP contribution in [0.25, 0.3) is 0 Å². The predicted octanol–water partition coefficient (Wildman–Crippen LogP) is 2.22. The molecule has 0 saturated carbocycles. The Morgan fingerprint density at radius 1 is 1.00 bits per heavy atom. The predicted molar refractivity (Wildman–Crippen MR) is 59.9 cm³/mol. The molecule has 2 atom stereocenters. The summed E-state index contributed by atoms with van der Waals surface area (Å²) in [5, 5.41) is 5.17. The zero-order chi connectivity index (χ0) is 10.3. The van der Waals surface area contributed by atoms with E-state index >= 15 is 0 Å². The fourth-order valence-corrected chi connectivity index (χ4v) is 2.66. The topological polar surface area (TPSA) is 6.48 Å². The van der Waals surface area contributed by atoms with Crippen LogP contribution in [-0.4, -0.2) is 36.2 Å². The van der Waals surface area contributed by atoms with Crippen LogP contribution in [0.1, 0.15) is 34.1 Å². The molecule has 2 unspecified atom stereocenters. The number of hydrazine groups is 1. The summed E-state index contributed by atoms with van der Waals surface area (Å²) in [6.45, 7) is 14.6.